The fraction of sp³-hybridized carbons (Fsp3) is 0.333. The van der Waals surface area contributed by atoms with Crippen LogP contribution in [0.4, 0.5) is 0 Å². The maximum Gasteiger partial charge on any atom is 0.224 e. The molecule has 5 heteroatoms. The number of amidine groups is 1. The molecule has 0 saturated heterocycles. The summed E-state index contributed by atoms with van der Waals surface area (Å²) < 4.78 is 0. The molecule has 92 valence electrons. The number of nitrogens with two attached hydrogens (primary N) is 1. The van der Waals surface area contributed by atoms with E-state index in [1.165, 1.54) is 5.56 Å². The van der Waals surface area contributed by atoms with Gasteiger partial charge in [0.25, 0.3) is 0 Å². The first-order valence-corrected chi connectivity index (χ1v) is 5.40. The van der Waals surface area contributed by atoms with Crippen molar-refractivity contribution in [3.63, 3.8) is 0 Å². The van der Waals surface area contributed by atoms with Gasteiger partial charge in [-0.15, -0.1) is 0 Å². The number of benzene rings is 1. The molecule has 1 amide bonds. The molecule has 17 heavy (non-hydrogen) atoms. The zero-order chi connectivity index (χ0) is 12.7. The van der Waals surface area contributed by atoms with Gasteiger partial charge >= 0.3 is 0 Å². The molecule has 1 rings (SSSR count). The van der Waals surface area contributed by atoms with Gasteiger partial charge < -0.3 is 16.3 Å². The molecule has 0 fully saturated rings. The number of carbonyl (C=O) groups is 1. The van der Waals surface area contributed by atoms with Crippen molar-refractivity contribution in [3.05, 3.63) is 35.4 Å². The summed E-state index contributed by atoms with van der Waals surface area (Å²) in [7, 11) is 0. The molecule has 4 N–H and O–H groups in total. The van der Waals surface area contributed by atoms with Crippen molar-refractivity contribution in [3.8, 4) is 0 Å². The standard InChI is InChI=1S/C12H17N3O2/c1-9-2-4-10(5-3-9)8-12(16)14-7-6-11(13)15-17/h2-5,17H,6-8H2,1H3,(H2,13,15)(H,14,16). The Morgan fingerprint density at radius 3 is 2.65 bits per heavy atom. The first-order valence-electron chi connectivity index (χ1n) is 5.40. The van der Waals surface area contributed by atoms with E-state index in [0.29, 0.717) is 19.4 Å². The lowest BCUT2D eigenvalue weighted by Crippen LogP contribution is -2.29. The van der Waals surface area contributed by atoms with E-state index >= 15 is 0 Å². The molecule has 0 aliphatic heterocycles. The number of nitrogens with zero attached hydrogens (tertiary/aromatic N) is 1. The molecule has 0 radical (unpaired) electrons. The SMILES string of the molecule is Cc1ccc(CC(=O)NCCC(N)=NO)cc1. The van der Waals surface area contributed by atoms with E-state index in [1.54, 1.807) is 0 Å². The molecule has 1 aromatic carbocycles. The summed E-state index contributed by atoms with van der Waals surface area (Å²) in [6, 6.07) is 7.80. The van der Waals surface area contributed by atoms with E-state index in [1.807, 2.05) is 31.2 Å². The molecular formula is C12H17N3O2. The van der Waals surface area contributed by atoms with Crippen LogP contribution in [0.3, 0.4) is 0 Å². The second-order valence-electron chi connectivity index (χ2n) is 3.85. The van der Waals surface area contributed by atoms with Crippen molar-refractivity contribution in [1.29, 1.82) is 0 Å². The zero-order valence-electron chi connectivity index (χ0n) is 9.81. The highest BCUT2D eigenvalue weighted by Crippen LogP contribution is 2.03. The van der Waals surface area contributed by atoms with Crippen LogP contribution in [0.25, 0.3) is 0 Å². The lowest BCUT2D eigenvalue weighted by Gasteiger charge is -2.04. The Morgan fingerprint density at radius 1 is 1.41 bits per heavy atom. The van der Waals surface area contributed by atoms with Crippen molar-refractivity contribution >= 4 is 11.7 Å². The van der Waals surface area contributed by atoms with Crippen LogP contribution in [0.2, 0.25) is 0 Å². The predicted molar refractivity (Wildman–Crippen MR) is 65.9 cm³/mol. The zero-order valence-corrected chi connectivity index (χ0v) is 9.81. The normalized spacial score (nSPS) is 11.2. The minimum Gasteiger partial charge on any atom is -0.409 e. The number of rotatable bonds is 5. The number of carbonyl (C=O) groups excluding carboxylic acids is 1. The highest BCUT2D eigenvalue weighted by molar-refractivity contribution is 5.82. The number of oxime groups is 1. The maximum absolute atomic E-state index is 11.5. The summed E-state index contributed by atoms with van der Waals surface area (Å²) in [6.45, 7) is 2.38. The molecule has 0 atom stereocenters. The van der Waals surface area contributed by atoms with Gasteiger partial charge in [-0.3, -0.25) is 4.79 Å². The summed E-state index contributed by atoms with van der Waals surface area (Å²) in [5, 5.41) is 13.8. The van der Waals surface area contributed by atoms with Gasteiger partial charge in [-0.2, -0.15) is 0 Å². The van der Waals surface area contributed by atoms with Crippen molar-refractivity contribution in [1.82, 2.24) is 5.32 Å². The molecule has 0 aromatic heterocycles. The Hall–Kier alpha value is -2.04. The molecule has 1 aromatic rings. The van der Waals surface area contributed by atoms with Gasteiger partial charge in [0, 0.05) is 13.0 Å². The Morgan fingerprint density at radius 2 is 2.06 bits per heavy atom. The van der Waals surface area contributed by atoms with Crippen LogP contribution in [0, 0.1) is 6.92 Å². The Kier molecular flexibility index (Phi) is 5.00. The monoisotopic (exact) mass is 235 g/mol. The van der Waals surface area contributed by atoms with Gasteiger partial charge in [0.2, 0.25) is 5.91 Å². The fourth-order valence-electron chi connectivity index (χ4n) is 1.33. The van der Waals surface area contributed by atoms with E-state index in [4.69, 9.17) is 10.9 Å². The predicted octanol–water partition coefficient (Wildman–Crippen LogP) is 0.790. The fourth-order valence-corrected chi connectivity index (χ4v) is 1.33. The maximum atomic E-state index is 11.5. The topological polar surface area (TPSA) is 87.7 Å². The average molecular weight is 235 g/mol. The summed E-state index contributed by atoms with van der Waals surface area (Å²) >= 11 is 0. The largest absolute Gasteiger partial charge is 0.409 e. The first kappa shape index (κ1) is 13.0. The van der Waals surface area contributed by atoms with Crippen molar-refractivity contribution in [2.24, 2.45) is 10.9 Å². The molecule has 0 heterocycles. The summed E-state index contributed by atoms with van der Waals surface area (Å²) in [5.74, 6) is 0.0419. The van der Waals surface area contributed by atoms with Crippen LogP contribution in [0.1, 0.15) is 17.5 Å². The van der Waals surface area contributed by atoms with Crippen LogP contribution in [0.5, 0.6) is 0 Å². The van der Waals surface area contributed by atoms with Crippen LogP contribution < -0.4 is 11.1 Å². The third-order valence-corrected chi connectivity index (χ3v) is 2.32. The van der Waals surface area contributed by atoms with Crippen molar-refractivity contribution in [2.75, 3.05) is 6.54 Å². The molecule has 0 unspecified atom stereocenters. The number of hydrogen-bond acceptors (Lipinski definition) is 3. The molecule has 0 bridgehead atoms. The number of hydrogen-bond donors (Lipinski definition) is 3. The van der Waals surface area contributed by atoms with Crippen LogP contribution >= 0.6 is 0 Å². The third-order valence-electron chi connectivity index (χ3n) is 2.32. The Balaban J connectivity index is 2.32. The average Bonchev–Trinajstić information content (AvgIpc) is 2.32. The Bertz CT molecular complexity index is 399. The van der Waals surface area contributed by atoms with Crippen LogP contribution in [-0.4, -0.2) is 23.5 Å². The van der Waals surface area contributed by atoms with Gasteiger partial charge in [-0.1, -0.05) is 35.0 Å². The highest BCUT2D eigenvalue weighted by atomic mass is 16.4. The highest BCUT2D eigenvalue weighted by Gasteiger charge is 2.03. The van der Waals surface area contributed by atoms with Crippen LogP contribution in [0.15, 0.2) is 29.4 Å². The van der Waals surface area contributed by atoms with Gasteiger partial charge in [0.15, 0.2) is 0 Å². The minimum atomic E-state index is -0.0698. The number of nitrogens with one attached hydrogen (secondary N) is 1. The van der Waals surface area contributed by atoms with Crippen LogP contribution in [-0.2, 0) is 11.2 Å². The smallest absolute Gasteiger partial charge is 0.224 e. The third kappa shape index (κ3) is 5.01. The van der Waals surface area contributed by atoms with E-state index in [-0.39, 0.29) is 11.7 Å². The number of amides is 1. The van der Waals surface area contributed by atoms with Gasteiger partial charge in [-0.25, -0.2) is 0 Å². The summed E-state index contributed by atoms with van der Waals surface area (Å²) in [4.78, 5) is 11.5. The van der Waals surface area contributed by atoms with Gasteiger partial charge in [0.1, 0.15) is 5.84 Å². The molecule has 0 aliphatic carbocycles. The first-order chi connectivity index (χ1) is 8.11. The lowest BCUT2D eigenvalue weighted by atomic mass is 10.1. The summed E-state index contributed by atoms with van der Waals surface area (Å²) in [5.41, 5.74) is 7.41. The van der Waals surface area contributed by atoms with E-state index < -0.39 is 0 Å². The van der Waals surface area contributed by atoms with Gasteiger partial charge in [0.05, 0.1) is 6.42 Å². The molecule has 5 nitrogen and oxygen atoms in total. The second-order valence-corrected chi connectivity index (χ2v) is 3.85. The van der Waals surface area contributed by atoms with Crippen molar-refractivity contribution in [2.45, 2.75) is 19.8 Å². The molecule has 0 saturated carbocycles. The van der Waals surface area contributed by atoms with E-state index in [9.17, 15) is 4.79 Å². The molecule has 0 spiro atoms. The van der Waals surface area contributed by atoms with Crippen molar-refractivity contribution < 1.29 is 10.0 Å². The van der Waals surface area contributed by atoms with Gasteiger partial charge in [-0.05, 0) is 12.5 Å². The lowest BCUT2D eigenvalue weighted by molar-refractivity contribution is -0.120. The molecule has 0 aliphatic rings. The van der Waals surface area contributed by atoms with E-state index in [0.717, 1.165) is 5.56 Å². The second kappa shape index (κ2) is 6.52. The molecular weight excluding hydrogens is 218 g/mol. The Labute approximate surface area is 100 Å². The minimum absolute atomic E-state index is 0.0698. The number of aryl methyl sites for hydroxylation is 1. The van der Waals surface area contributed by atoms with E-state index in [2.05, 4.69) is 10.5 Å². The quantitative estimate of drug-likeness (QED) is 0.305. The summed E-state index contributed by atoms with van der Waals surface area (Å²) in [6.07, 6.45) is 0.687.